The third-order valence-electron chi connectivity index (χ3n) is 4.70. The summed E-state index contributed by atoms with van der Waals surface area (Å²) in [4.78, 5) is 7.23. The van der Waals surface area contributed by atoms with Crippen molar-refractivity contribution in [1.29, 1.82) is 0 Å². The number of rotatable bonds is 6. The Morgan fingerprint density at radius 3 is 2.50 bits per heavy atom. The Balaban J connectivity index is 1.80. The zero-order chi connectivity index (χ0) is 17.1. The Hall–Kier alpha value is -2.20. The van der Waals surface area contributed by atoms with Gasteiger partial charge in [-0.2, -0.15) is 5.10 Å². The van der Waals surface area contributed by atoms with Crippen molar-refractivity contribution >= 4 is 10.9 Å². The van der Waals surface area contributed by atoms with E-state index in [4.69, 9.17) is 4.98 Å². The number of pyridine rings is 1. The van der Waals surface area contributed by atoms with Crippen LogP contribution < -0.4 is 0 Å². The molecule has 0 saturated heterocycles. The second-order valence-electron chi connectivity index (χ2n) is 6.26. The van der Waals surface area contributed by atoms with Gasteiger partial charge in [0.05, 0.1) is 16.9 Å². The molecule has 2 heterocycles. The SMILES string of the molecule is CCN(Cc1ccc2ccccc2n1)Cc1c(C)nn(CC)c1C. The molecule has 24 heavy (non-hydrogen) atoms. The van der Waals surface area contributed by atoms with E-state index in [1.165, 1.54) is 16.6 Å². The molecule has 4 nitrogen and oxygen atoms in total. The lowest BCUT2D eigenvalue weighted by molar-refractivity contribution is 0.267. The Kier molecular flexibility index (Phi) is 4.95. The number of fused-ring (bicyclic) bond motifs is 1. The van der Waals surface area contributed by atoms with Crippen LogP contribution >= 0.6 is 0 Å². The number of benzene rings is 1. The highest BCUT2D eigenvalue weighted by Gasteiger charge is 2.14. The maximum absolute atomic E-state index is 4.81. The summed E-state index contributed by atoms with van der Waals surface area (Å²) >= 11 is 0. The molecule has 0 bridgehead atoms. The van der Waals surface area contributed by atoms with Crippen molar-refractivity contribution in [3.63, 3.8) is 0 Å². The summed E-state index contributed by atoms with van der Waals surface area (Å²) in [6, 6.07) is 12.6. The zero-order valence-electron chi connectivity index (χ0n) is 15.1. The minimum absolute atomic E-state index is 0.859. The van der Waals surface area contributed by atoms with Crippen molar-refractivity contribution in [3.8, 4) is 0 Å². The first-order valence-corrected chi connectivity index (χ1v) is 8.72. The standard InChI is InChI=1S/C20H26N4/c1-5-23(14-19-15(3)22-24(6-2)16(19)4)13-18-12-11-17-9-7-8-10-20(17)21-18/h7-12H,5-6,13-14H2,1-4H3. The lowest BCUT2D eigenvalue weighted by atomic mass is 10.1. The fourth-order valence-corrected chi connectivity index (χ4v) is 3.20. The summed E-state index contributed by atoms with van der Waals surface area (Å²) in [6.07, 6.45) is 0. The number of nitrogens with zero attached hydrogens (tertiary/aromatic N) is 4. The molecule has 2 aromatic heterocycles. The molecule has 0 aliphatic carbocycles. The van der Waals surface area contributed by atoms with Gasteiger partial charge in [-0.15, -0.1) is 0 Å². The monoisotopic (exact) mass is 322 g/mol. The highest BCUT2D eigenvalue weighted by molar-refractivity contribution is 5.78. The molecule has 3 rings (SSSR count). The van der Waals surface area contributed by atoms with Crippen molar-refractivity contribution < 1.29 is 0 Å². The Labute approximate surface area is 144 Å². The van der Waals surface area contributed by atoms with Crippen LogP contribution in [0.25, 0.3) is 10.9 Å². The Bertz CT molecular complexity index is 835. The lowest BCUT2D eigenvalue weighted by Crippen LogP contribution is -2.23. The Morgan fingerprint density at radius 2 is 1.79 bits per heavy atom. The van der Waals surface area contributed by atoms with Gasteiger partial charge in [0, 0.05) is 36.3 Å². The summed E-state index contributed by atoms with van der Waals surface area (Å²) in [5, 5.41) is 5.83. The van der Waals surface area contributed by atoms with E-state index in [0.717, 1.165) is 43.1 Å². The highest BCUT2D eigenvalue weighted by atomic mass is 15.3. The van der Waals surface area contributed by atoms with Crippen molar-refractivity contribution in [2.24, 2.45) is 0 Å². The van der Waals surface area contributed by atoms with E-state index in [0.29, 0.717) is 0 Å². The second-order valence-corrected chi connectivity index (χ2v) is 6.26. The topological polar surface area (TPSA) is 34.0 Å². The van der Waals surface area contributed by atoms with E-state index >= 15 is 0 Å². The molecule has 0 spiro atoms. The minimum atomic E-state index is 0.859. The second kappa shape index (κ2) is 7.14. The summed E-state index contributed by atoms with van der Waals surface area (Å²) < 4.78 is 2.09. The van der Waals surface area contributed by atoms with E-state index in [-0.39, 0.29) is 0 Å². The molecule has 0 radical (unpaired) electrons. The van der Waals surface area contributed by atoms with Crippen molar-refractivity contribution in [2.75, 3.05) is 6.54 Å². The van der Waals surface area contributed by atoms with Crippen LogP contribution in [0.15, 0.2) is 36.4 Å². The summed E-state index contributed by atoms with van der Waals surface area (Å²) in [5.41, 5.74) is 5.95. The fraction of sp³-hybridized carbons (Fsp3) is 0.400. The molecule has 0 fully saturated rings. The van der Waals surface area contributed by atoms with Gasteiger partial charge in [-0.1, -0.05) is 31.2 Å². The molecular weight excluding hydrogens is 296 g/mol. The number of aryl methyl sites for hydroxylation is 2. The van der Waals surface area contributed by atoms with Crippen LogP contribution in [0.1, 0.15) is 36.5 Å². The number of hydrogen-bond donors (Lipinski definition) is 0. The van der Waals surface area contributed by atoms with Crippen LogP contribution in [0.3, 0.4) is 0 Å². The maximum Gasteiger partial charge on any atom is 0.0705 e. The molecule has 3 aromatic rings. The molecule has 0 N–H and O–H groups in total. The van der Waals surface area contributed by atoms with E-state index in [1.54, 1.807) is 0 Å². The molecule has 0 aliphatic rings. The predicted molar refractivity (Wildman–Crippen MR) is 98.9 cm³/mol. The van der Waals surface area contributed by atoms with Gasteiger partial charge in [0.1, 0.15) is 0 Å². The van der Waals surface area contributed by atoms with Gasteiger partial charge in [0.2, 0.25) is 0 Å². The third kappa shape index (κ3) is 3.34. The van der Waals surface area contributed by atoms with Crippen LogP contribution in [0.5, 0.6) is 0 Å². The fourth-order valence-electron chi connectivity index (χ4n) is 3.20. The van der Waals surface area contributed by atoms with Gasteiger partial charge < -0.3 is 0 Å². The Morgan fingerprint density at radius 1 is 1.00 bits per heavy atom. The average molecular weight is 322 g/mol. The van der Waals surface area contributed by atoms with Gasteiger partial charge in [0.15, 0.2) is 0 Å². The van der Waals surface area contributed by atoms with Crippen molar-refractivity contribution in [2.45, 2.75) is 47.3 Å². The van der Waals surface area contributed by atoms with Crippen LogP contribution in [0.4, 0.5) is 0 Å². The van der Waals surface area contributed by atoms with Crippen LogP contribution in [-0.4, -0.2) is 26.2 Å². The largest absolute Gasteiger partial charge is 0.293 e. The molecular formula is C20H26N4. The average Bonchev–Trinajstić information content (AvgIpc) is 2.88. The van der Waals surface area contributed by atoms with E-state index < -0.39 is 0 Å². The number of hydrogen-bond acceptors (Lipinski definition) is 3. The first-order chi connectivity index (χ1) is 11.6. The molecule has 0 aliphatic heterocycles. The third-order valence-corrected chi connectivity index (χ3v) is 4.70. The van der Waals surface area contributed by atoms with Crippen molar-refractivity contribution in [1.82, 2.24) is 19.7 Å². The van der Waals surface area contributed by atoms with E-state index in [2.05, 4.69) is 72.7 Å². The van der Waals surface area contributed by atoms with Gasteiger partial charge >= 0.3 is 0 Å². The zero-order valence-corrected chi connectivity index (χ0v) is 15.1. The first kappa shape index (κ1) is 16.7. The van der Waals surface area contributed by atoms with Gasteiger partial charge in [0.25, 0.3) is 0 Å². The van der Waals surface area contributed by atoms with Crippen molar-refractivity contribution in [3.05, 3.63) is 59.0 Å². The molecule has 4 heteroatoms. The molecule has 0 atom stereocenters. The quantitative estimate of drug-likeness (QED) is 0.685. The lowest BCUT2D eigenvalue weighted by Gasteiger charge is -2.20. The minimum Gasteiger partial charge on any atom is -0.293 e. The summed E-state index contributed by atoms with van der Waals surface area (Å²) in [6.45, 7) is 12.3. The van der Waals surface area contributed by atoms with Gasteiger partial charge in [-0.05, 0) is 39.4 Å². The number of aromatic nitrogens is 3. The molecule has 0 amide bonds. The molecule has 1 aromatic carbocycles. The highest BCUT2D eigenvalue weighted by Crippen LogP contribution is 2.18. The van der Waals surface area contributed by atoms with Crippen LogP contribution in [0, 0.1) is 13.8 Å². The first-order valence-electron chi connectivity index (χ1n) is 8.72. The van der Waals surface area contributed by atoms with Gasteiger partial charge in [-0.25, -0.2) is 0 Å². The van der Waals surface area contributed by atoms with Crippen LogP contribution in [-0.2, 0) is 19.6 Å². The number of para-hydroxylation sites is 1. The van der Waals surface area contributed by atoms with Gasteiger partial charge in [-0.3, -0.25) is 14.6 Å². The smallest absolute Gasteiger partial charge is 0.0705 e. The molecule has 126 valence electrons. The van der Waals surface area contributed by atoms with E-state index in [9.17, 15) is 0 Å². The normalized spacial score (nSPS) is 11.5. The van der Waals surface area contributed by atoms with E-state index in [1.807, 2.05) is 6.07 Å². The van der Waals surface area contributed by atoms with Crippen LogP contribution in [0.2, 0.25) is 0 Å². The summed E-state index contributed by atoms with van der Waals surface area (Å²) in [7, 11) is 0. The summed E-state index contributed by atoms with van der Waals surface area (Å²) in [5.74, 6) is 0. The molecule has 0 unspecified atom stereocenters. The predicted octanol–water partition coefficient (Wildman–Crippen LogP) is 4.09. The maximum atomic E-state index is 4.81. The molecule has 0 saturated carbocycles.